The van der Waals surface area contributed by atoms with Crippen LogP contribution in [0.2, 0.25) is 0 Å². The summed E-state index contributed by atoms with van der Waals surface area (Å²) in [7, 11) is 0. The van der Waals surface area contributed by atoms with E-state index in [1.54, 1.807) is 0 Å². The average Bonchev–Trinajstić information content (AvgIpc) is 3.08. The van der Waals surface area contributed by atoms with Gasteiger partial charge in [0.1, 0.15) is 0 Å². The van der Waals surface area contributed by atoms with Crippen LogP contribution < -0.4 is 0 Å². The number of fused-ring (bicyclic) bond motifs is 6. The van der Waals surface area contributed by atoms with Gasteiger partial charge < -0.3 is 0 Å². The highest BCUT2D eigenvalue weighted by Gasteiger charge is 2.33. The molecule has 0 saturated carbocycles. The third kappa shape index (κ3) is 2.73. The third-order valence-electron chi connectivity index (χ3n) is 7.81. The Hall–Kier alpha value is -4.42. The summed E-state index contributed by atoms with van der Waals surface area (Å²) >= 11 is 0. The van der Waals surface area contributed by atoms with Gasteiger partial charge >= 0.3 is 0 Å². The van der Waals surface area contributed by atoms with Gasteiger partial charge in [-0.25, -0.2) is 0 Å². The number of hydrogen-bond acceptors (Lipinski definition) is 0. The second-order valence-electron chi connectivity index (χ2n) is 10.1. The quantitative estimate of drug-likeness (QED) is 0.162. The Labute approximate surface area is 232 Å². The maximum Gasteiger partial charge on any atom is 0.0636 e. The van der Waals surface area contributed by atoms with Gasteiger partial charge in [-0.05, 0) is 82.5 Å². The van der Waals surface area contributed by atoms with Gasteiger partial charge in [-0.15, -0.1) is 0 Å². The highest BCUT2D eigenvalue weighted by atomic mass is 14.4. The first-order chi connectivity index (χ1) is 22.7. The minimum absolute atomic E-state index is 0.0164. The van der Waals surface area contributed by atoms with Crippen LogP contribution >= 0.6 is 0 Å². The van der Waals surface area contributed by atoms with Crippen LogP contribution in [-0.4, -0.2) is 0 Å². The van der Waals surface area contributed by atoms with Crippen LogP contribution in [0.1, 0.15) is 40.1 Å². The molecule has 0 aliphatic heterocycles. The number of benzene rings is 7. The molecule has 0 heterocycles. The molecule has 1 aliphatic carbocycles. The van der Waals surface area contributed by atoms with Gasteiger partial charge in [-0.1, -0.05) is 129 Å². The van der Waals surface area contributed by atoms with E-state index in [-0.39, 0.29) is 37.9 Å². The molecule has 8 rings (SSSR count). The van der Waals surface area contributed by atoms with E-state index in [1.807, 2.05) is 42.5 Å². The summed E-state index contributed by atoms with van der Waals surface area (Å²) in [6.45, 7) is 4.31. The molecule has 0 amide bonds. The molecular weight excluding hydrogens is 444 g/mol. The lowest BCUT2D eigenvalue weighted by Crippen LogP contribution is -2.23. The van der Waals surface area contributed by atoms with Crippen molar-refractivity contribution < 1.29 is 15.1 Å². The molecule has 0 nitrogen and oxygen atoms in total. The highest BCUT2D eigenvalue weighted by Crippen LogP contribution is 2.51. The SMILES string of the molecule is [2H]c1c([2H])c([2H])c2c([2H])c3c(c([2H])c([2H])c4c([2H])c([2H])c([2H])c([2H])c43)c(-c3ccc4c5c(cccc35)-c3ccccc3C4(C)C)c2c1[2H]. The van der Waals surface area contributed by atoms with Gasteiger partial charge in [0, 0.05) is 5.41 Å². The highest BCUT2D eigenvalue weighted by molar-refractivity contribution is 6.23. The molecule has 0 unspecified atom stereocenters. The summed E-state index contributed by atoms with van der Waals surface area (Å²) in [6, 6.07) is 12.6. The van der Waals surface area contributed by atoms with Crippen LogP contribution in [0, 0.1) is 0 Å². The Kier molecular flexibility index (Phi) is 2.51. The second-order valence-corrected chi connectivity index (χ2v) is 10.1. The van der Waals surface area contributed by atoms with E-state index < -0.39 is 71.9 Å². The molecule has 174 valence electrons. The van der Waals surface area contributed by atoms with Crippen LogP contribution in [-0.2, 0) is 5.41 Å². The van der Waals surface area contributed by atoms with Crippen molar-refractivity contribution in [1.29, 1.82) is 0 Å². The maximum atomic E-state index is 9.40. The van der Waals surface area contributed by atoms with E-state index in [4.69, 9.17) is 12.3 Å². The molecule has 0 heteroatoms. The monoisotopic (exact) mass is 481 g/mol. The molecule has 1 aliphatic rings. The number of rotatable bonds is 1. The number of hydrogen-bond donors (Lipinski definition) is 0. The molecule has 0 saturated heterocycles. The van der Waals surface area contributed by atoms with Gasteiger partial charge in [-0.2, -0.15) is 0 Å². The van der Waals surface area contributed by atoms with E-state index in [0.717, 1.165) is 33.0 Å². The molecular formula is C37H26. The van der Waals surface area contributed by atoms with Crippen molar-refractivity contribution in [2.24, 2.45) is 0 Å². The molecule has 0 radical (unpaired) electrons. The standard InChI is InChI=1S/C37H26/c1-37(2)33-17-8-7-14-27(33)28-15-9-16-29-30(20-21-34(37)36(28)29)35-26-13-6-4-11-24(26)22-32-25-12-5-3-10-23(25)18-19-31(32)35/h3-22H,1-2H3/i3D,4D,5D,6D,10D,11D,12D,13D,18D,19D,22D. The van der Waals surface area contributed by atoms with Gasteiger partial charge in [0.25, 0.3) is 0 Å². The molecule has 0 spiro atoms. The zero-order valence-corrected chi connectivity index (χ0v) is 20.2. The zero-order valence-electron chi connectivity index (χ0n) is 31.2. The molecule has 0 aromatic heterocycles. The van der Waals surface area contributed by atoms with Crippen molar-refractivity contribution in [2.45, 2.75) is 19.3 Å². The molecule has 7 aromatic rings. The van der Waals surface area contributed by atoms with E-state index in [1.165, 1.54) is 0 Å². The fourth-order valence-electron chi connectivity index (χ4n) is 6.11. The average molecular weight is 482 g/mol. The summed E-state index contributed by atoms with van der Waals surface area (Å²) in [6.07, 6.45) is 0. The minimum atomic E-state index is -0.569. The molecule has 0 N–H and O–H groups in total. The van der Waals surface area contributed by atoms with Crippen LogP contribution in [0.15, 0.2) is 121 Å². The second kappa shape index (κ2) is 7.31. The van der Waals surface area contributed by atoms with Crippen molar-refractivity contribution in [1.82, 2.24) is 0 Å². The fourth-order valence-corrected chi connectivity index (χ4v) is 6.11. The van der Waals surface area contributed by atoms with Crippen molar-refractivity contribution in [3.05, 3.63) is 132 Å². The van der Waals surface area contributed by atoms with Crippen LogP contribution in [0.3, 0.4) is 0 Å². The minimum Gasteiger partial charge on any atom is -0.0619 e. The van der Waals surface area contributed by atoms with E-state index in [9.17, 15) is 2.74 Å². The molecule has 0 bridgehead atoms. The summed E-state index contributed by atoms with van der Waals surface area (Å²) in [5.41, 5.74) is 4.61. The Morgan fingerprint density at radius 2 is 1.27 bits per heavy atom. The molecule has 37 heavy (non-hydrogen) atoms. The van der Waals surface area contributed by atoms with E-state index in [2.05, 4.69) is 26.0 Å². The third-order valence-corrected chi connectivity index (χ3v) is 7.81. The summed E-state index contributed by atoms with van der Waals surface area (Å²) in [5.74, 6) is 0. The summed E-state index contributed by atoms with van der Waals surface area (Å²) in [5, 5.41) is 1.21. The molecule has 7 aromatic carbocycles. The smallest absolute Gasteiger partial charge is 0.0619 e. The van der Waals surface area contributed by atoms with Crippen LogP contribution in [0.5, 0.6) is 0 Å². The molecule has 0 atom stereocenters. The Morgan fingerprint density at radius 1 is 0.514 bits per heavy atom. The molecule has 0 fully saturated rings. The van der Waals surface area contributed by atoms with Gasteiger partial charge in [0.05, 0.1) is 15.1 Å². The predicted molar refractivity (Wildman–Crippen MR) is 159 cm³/mol. The first-order valence-corrected chi connectivity index (χ1v) is 12.2. The Balaban J connectivity index is 1.71. The zero-order chi connectivity index (χ0) is 34.3. The summed E-state index contributed by atoms with van der Waals surface area (Å²) in [4.78, 5) is 0. The van der Waals surface area contributed by atoms with Gasteiger partial charge in [0.15, 0.2) is 0 Å². The lowest BCUT2D eigenvalue weighted by atomic mass is 9.68. The van der Waals surface area contributed by atoms with E-state index in [0.29, 0.717) is 5.56 Å². The van der Waals surface area contributed by atoms with Crippen LogP contribution in [0.4, 0.5) is 0 Å². The summed E-state index contributed by atoms with van der Waals surface area (Å²) < 4.78 is 97.1. The maximum absolute atomic E-state index is 9.40. The van der Waals surface area contributed by atoms with Crippen molar-refractivity contribution in [3.8, 4) is 22.3 Å². The lowest BCUT2D eigenvalue weighted by Gasteiger charge is -2.35. The predicted octanol–water partition coefficient (Wildman–Crippen LogP) is 10.3. The van der Waals surface area contributed by atoms with E-state index >= 15 is 0 Å². The Bertz CT molecular complexity index is 2660. The lowest BCUT2D eigenvalue weighted by molar-refractivity contribution is 0.645. The largest absolute Gasteiger partial charge is 0.0636 e. The Morgan fingerprint density at radius 3 is 2.16 bits per heavy atom. The normalized spacial score (nSPS) is 18.1. The van der Waals surface area contributed by atoms with Crippen molar-refractivity contribution in [3.63, 3.8) is 0 Å². The van der Waals surface area contributed by atoms with Crippen LogP contribution in [0.25, 0.3) is 65.3 Å². The van der Waals surface area contributed by atoms with Gasteiger partial charge in [-0.3, -0.25) is 0 Å². The van der Waals surface area contributed by atoms with Crippen molar-refractivity contribution >= 4 is 43.1 Å². The first kappa shape index (κ1) is 12.7. The topological polar surface area (TPSA) is 0 Å². The fraction of sp³-hybridized carbons (Fsp3) is 0.0811. The first-order valence-electron chi connectivity index (χ1n) is 17.7. The van der Waals surface area contributed by atoms with Gasteiger partial charge in [0.2, 0.25) is 0 Å². The van der Waals surface area contributed by atoms with Crippen molar-refractivity contribution in [2.75, 3.05) is 0 Å².